The van der Waals surface area contributed by atoms with E-state index >= 15 is 4.11 Å². The molecule has 4 atom stereocenters. The van der Waals surface area contributed by atoms with E-state index in [2.05, 4.69) is 15.9 Å². The van der Waals surface area contributed by atoms with Crippen LogP contribution in [0, 0.1) is 5.92 Å². The highest BCUT2D eigenvalue weighted by Gasteiger charge is 2.66. The summed E-state index contributed by atoms with van der Waals surface area (Å²) in [5.41, 5.74) is 1.94. The van der Waals surface area contributed by atoms with Crippen LogP contribution in [0.25, 0.3) is 0 Å². The zero-order valence-electron chi connectivity index (χ0n) is 23.1. The average Bonchev–Trinajstić information content (AvgIpc) is 3.36. The molecule has 1 fully saturated rings. The number of carbonyl (C=O) groups is 2. The summed E-state index contributed by atoms with van der Waals surface area (Å²) in [5, 5.41) is 9.75. The van der Waals surface area contributed by atoms with Crippen LogP contribution in [0.15, 0.2) is 71.2 Å². The van der Waals surface area contributed by atoms with Gasteiger partial charge in [-0.2, -0.15) is 0 Å². The van der Waals surface area contributed by atoms with E-state index in [0.29, 0.717) is 17.1 Å². The molecule has 0 radical (unpaired) electrons. The van der Waals surface area contributed by atoms with Crippen LogP contribution in [0.4, 0.5) is 21.2 Å². The van der Waals surface area contributed by atoms with Crippen molar-refractivity contribution in [2.24, 2.45) is 5.92 Å². The van der Waals surface area contributed by atoms with E-state index in [1.807, 2.05) is 73.7 Å². The van der Waals surface area contributed by atoms with Gasteiger partial charge in [0, 0.05) is 33.8 Å². The molecule has 3 heterocycles. The van der Waals surface area contributed by atoms with Gasteiger partial charge in [0.15, 0.2) is 12.2 Å². The van der Waals surface area contributed by atoms with Crippen molar-refractivity contribution >= 4 is 53.2 Å². The van der Waals surface area contributed by atoms with Crippen LogP contribution in [0.5, 0.6) is 5.75 Å². The second kappa shape index (κ2) is 10.3. The summed E-state index contributed by atoms with van der Waals surface area (Å²) < 4.78 is 28.7. The third-order valence-corrected chi connectivity index (χ3v) is 11.5. The molecule has 0 aliphatic carbocycles. The fourth-order valence-corrected chi connectivity index (χ4v) is 9.80. The van der Waals surface area contributed by atoms with Gasteiger partial charge in [-0.1, -0.05) is 47.1 Å². The van der Waals surface area contributed by atoms with E-state index in [1.54, 1.807) is 22.9 Å². The summed E-state index contributed by atoms with van der Waals surface area (Å²) in [6, 6.07) is 20.6. The first-order chi connectivity index (χ1) is 19.6. The molecule has 3 aliphatic rings. The van der Waals surface area contributed by atoms with Gasteiger partial charge in [-0.15, -0.1) is 0 Å². The fraction of sp³-hybridized carbons (Fsp3) is 0.355. The second-order valence-electron chi connectivity index (χ2n) is 11.5. The predicted molar refractivity (Wildman–Crippen MR) is 161 cm³/mol. The monoisotopic (exact) mass is 638 g/mol. The normalized spacial score (nSPS) is 25.5. The Balaban J connectivity index is 1.34. The number of carbonyl (C=O) groups excluding carboxylic acids is 2. The van der Waals surface area contributed by atoms with Crippen molar-refractivity contribution in [2.75, 3.05) is 23.0 Å². The van der Waals surface area contributed by atoms with E-state index in [0.717, 1.165) is 21.3 Å². The van der Waals surface area contributed by atoms with Gasteiger partial charge in [-0.05, 0) is 67.5 Å². The van der Waals surface area contributed by atoms with Crippen LogP contribution in [0.1, 0.15) is 24.5 Å². The molecule has 214 valence electrons. The quantitative estimate of drug-likeness (QED) is 0.257. The highest BCUT2D eigenvalue weighted by molar-refractivity contribution is 9.10. The van der Waals surface area contributed by atoms with Crippen LogP contribution in [0.2, 0.25) is 18.6 Å². The zero-order chi connectivity index (χ0) is 29.1. The fourth-order valence-electron chi connectivity index (χ4n) is 6.89. The largest absolute Gasteiger partial charge is 0.482 e. The summed E-state index contributed by atoms with van der Waals surface area (Å²) in [4.78, 5) is 30.5. The molecule has 1 spiro atoms. The lowest BCUT2D eigenvalue weighted by molar-refractivity contribution is -0.146. The van der Waals surface area contributed by atoms with E-state index in [4.69, 9.17) is 9.47 Å². The summed E-state index contributed by atoms with van der Waals surface area (Å²) in [6.45, 7) is 5.32. The Morgan fingerprint density at radius 1 is 1.07 bits per heavy atom. The van der Waals surface area contributed by atoms with Crippen molar-refractivity contribution in [3.8, 4) is 5.75 Å². The van der Waals surface area contributed by atoms with Crippen molar-refractivity contribution in [3.05, 3.63) is 82.3 Å². The van der Waals surface area contributed by atoms with Gasteiger partial charge in [0.05, 0.1) is 24.0 Å². The lowest BCUT2D eigenvalue weighted by Crippen LogP contribution is -2.45. The van der Waals surface area contributed by atoms with Crippen LogP contribution < -0.4 is 14.5 Å². The van der Waals surface area contributed by atoms with E-state index < -0.39 is 31.6 Å². The van der Waals surface area contributed by atoms with Gasteiger partial charge in [0.25, 0.3) is 11.8 Å². The van der Waals surface area contributed by atoms with E-state index in [-0.39, 0.29) is 38.0 Å². The number of para-hydroxylation sites is 2. The molecule has 3 aromatic rings. The first kappa shape index (κ1) is 28.1. The molecule has 0 aromatic heterocycles. The molecular formula is C31H32BrFN2O5Si. The van der Waals surface area contributed by atoms with E-state index in [1.165, 1.54) is 0 Å². The van der Waals surface area contributed by atoms with Gasteiger partial charge in [0.1, 0.15) is 5.75 Å². The smallest absolute Gasteiger partial charge is 0.269 e. The molecule has 3 aromatic carbocycles. The number of hydrogen-bond acceptors (Lipinski definition) is 5. The number of anilines is 3. The maximum Gasteiger partial charge on any atom is 0.269 e. The van der Waals surface area contributed by atoms with Crippen molar-refractivity contribution in [2.45, 2.75) is 50.2 Å². The third kappa shape index (κ3) is 4.52. The highest BCUT2D eigenvalue weighted by Crippen LogP contribution is 2.60. The van der Waals surface area contributed by atoms with Crippen LogP contribution in [-0.2, 0) is 26.5 Å². The molecule has 3 aliphatic heterocycles. The van der Waals surface area contributed by atoms with Crippen molar-refractivity contribution in [3.63, 3.8) is 0 Å². The molecule has 0 unspecified atom stereocenters. The Morgan fingerprint density at radius 3 is 2.51 bits per heavy atom. The number of ether oxygens (including phenoxy) is 2. The summed E-state index contributed by atoms with van der Waals surface area (Å²) in [7, 11) is -3.26. The third-order valence-electron chi connectivity index (χ3n) is 8.58. The summed E-state index contributed by atoms with van der Waals surface area (Å²) in [5.74, 6) is -0.143. The maximum absolute atomic E-state index is 15.7. The number of fused-ring (bicyclic) bond motifs is 3. The van der Waals surface area contributed by atoms with Crippen LogP contribution >= 0.6 is 15.9 Å². The van der Waals surface area contributed by atoms with Gasteiger partial charge < -0.3 is 23.6 Å². The number of nitrogens with zero attached hydrogens (tertiary/aromatic N) is 2. The number of aliphatic hydroxyl groups is 1. The second-order valence-corrected chi connectivity index (χ2v) is 16.2. The molecule has 1 N–H and O–H groups in total. The predicted octanol–water partition coefficient (Wildman–Crippen LogP) is 6.21. The number of rotatable bonds is 6. The molecule has 6 rings (SSSR count). The first-order valence-electron chi connectivity index (χ1n) is 13.8. The lowest BCUT2D eigenvalue weighted by Gasteiger charge is -2.31. The van der Waals surface area contributed by atoms with Crippen molar-refractivity contribution < 1.29 is 28.3 Å². The number of aliphatic hydroxyl groups excluding tert-OH is 1. The Kier molecular flexibility index (Phi) is 7.08. The zero-order valence-corrected chi connectivity index (χ0v) is 25.7. The van der Waals surface area contributed by atoms with Gasteiger partial charge in [0.2, 0.25) is 8.41 Å². The SMILES string of the molecule is C[C@@H]1[C@@H]([Si](C)(C)F)[C@H](CCO)O[C@@]12C(=O)N(Cc1ccc(N3C(=O)COc4ccccc43)cc1)c1ccc(Br)cc12. The molecule has 0 bridgehead atoms. The van der Waals surface area contributed by atoms with Gasteiger partial charge >= 0.3 is 0 Å². The molecule has 7 nitrogen and oxygen atoms in total. The number of amides is 2. The molecule has 10 heteroatoms. The van der Waals surface area contributed by atoms with Crippen LogP contribution in [0.3, 0.4) is 0 Å². The molecule has 0 saturated carbocycles. The van der Waals surface area contributed by atoms with Crippen molar-refractivity contribution in [1.29, 1.82) is 0 Å². The summed E-state index contributed by atoms with van der Waals surface area (Å²) >= 11 is 3.55. The summed E-state index contributed by atoms with van der Waals surface area (Å²) in [6.07, 6.45) is -0.274. The minimum absolute atomic E-state index is 0.0372. The highest BCUT2D eigenvalue weighted by atomic mass is 79.9. The molecular weight excluding hydrogens is 607 g/mol. The van der Waals surface area contributed by atoms with Crippen LogP contribution in [-0.4, -0.2) is 44.6 Å². The Morgan fingerprint density at radius 2 is 1.80 bits per heavy atom. The Bertz CT molecular complexity index is 1510. The standard InChI is InChI=1S/C31H32BrFN2O5Si/c1-19-29(41(2,3)33)27(14-15-36)40-31(19)23-16-21(32)10-13-24(23)34(30(31)38)17-20-8-11-22(12-9-20)35-25-6-4-5-7-26(25)39-18-28(35)37/h4-13,16,19,27,29,36H,14-15,17-18H2,1-3H3/t19-,27+,29-,31+/m1/s1. The van der Waals surface area contributed by atoms with E-state index in [9.17, 15) is 14.7 Å². The average molecular weight is 640 g/mol. The maximum atomic E-state index is 15.7. The Labute approximate surface area is 248 Å². The van der Waals surface area contributed by atoms with Crippen molar-refractivity contribution in [1.82, 2.24) is 0 Å². The minimum atomic E-state index is -3.26. The van der Waals surface area contributed by atoms with Gasteiger partial charge in [-0.25, -0.2) is 0 Å². The van der Waals surface area contributed by atoms with Gasteiger partial charge in [-0.3, -0.25) is 14.5 Å². The molecule has 41 heavy (non-hydrogen) atoms. The topological polar surface area (TPSA) is 79.3 Å². The number of benzene rings is 3. The first-order valence-corrected chi connectivity index (χ1v) is 17.5. The minimum Gasteiger partial charge on any atom is -0.482 e. The lowest BCUT2D eigenvalue weighted by atomic mass is 9.82. The molecule has 1 saturated heterocycles. The Hall–Kier alpha value is -3.05. The molecule has 2 amide bonds. The number of halogens is 2. The number of hydrogen-bond donors (Lipinski definition) is 1.